The highest BCUT2D eigenvalue weighted by atomic mass is 16.5. The average Bonchev–Trinajstić information content (AvgIpc) is 2.82. The fourth-order valence-corrected chi connectivity index (χ4v) is 3.22. The quantitative estimate of drug-likeness (QED) is 0.548. The molecule has 1 amide bonds. The SMILES string of the molecule is CCCCCN1C(=O)C(N)(CCC(=O)OCC)c2ccc(OC)cc21. The van der Waals surface area contributed by atoms with Gasteiger partial charge in [-0.05, 0) is 25.8 Å². The number of amides is 1. The molecule has 0 bridgehead atoms. The van der Waals surface area contributed by atoms with Crippen LogP contribution in [0.25, 0.3) is 0 Å². The Hall–Kier alpha value is -2.08. The number of benzene rings is 1. The van der Waals surface area contributed by atoms with Gasteiger partial charge in [-0.3, -0.25) is 9.59 Å². The summed E-state index contributed by atoms with van der Waals surface area (Å²) in [4.78, 5) is 26.5. The van der Waals surface area contributed by atoms with Crippen LogP contribution in [-0.4, -0.2) is 32.1 Å². The Bertz CT molecular complexity index is 632. The normalized spacial score (nSPS) is 19.0. The van der Waals surface area contributed by atoms with E-state index in [4.69, 9.17) is 15.2 Å². The predicted octanol–water partition coefficient (Wildman–Crippen LogP) is 2.73. The lowest BCUT2D eigenvalue weighted by molar-refractivity contribution is -0.143. The number of nitrogens with two attached hydrogens (primary N) is 1. The van der Waals surface area contributed by atoms with E-state index in [1.54, 1.807) is 25.0 Å². The first-order valence-corrected chi connectivity index (χ1v) is 8.92. The number of ether oxygens (including phenoxy) is 2. The molecular weight excluding hydrogens is 320 g/mol. The molecular formula is C19H28N2O4. The summed E-state index contributed by atoms with van der Waals surface area (Å²) in [6, 6.07) is 5.48. The number of fused-ring (bicyclic) bond motifs is 1. The van der Waals surface area contributed by atoms with Gasteiger partial charge in [-0.1, -0.05) is 25.8 Å². The Morgan fingerprint density at radius 2 is 2.04 bits per heavy atom. The number of esters is 1. The average molecular weight is 348 g/mol. The second-order valence-corrected chi connectivity index (χ2v) is 6.32. The van der Waals surface area contributed by atoms with E-state index < -0.39 is 5.54 Å². The number of hydrogen-bond donors (Lipinski definition) is 1. The molecule has 1 aromatic rings. The highest BCUT2D eigenvalue weighted by molar-refractivity contribution is 6.08. The van der Waals surface area contributed by atoms with Gasteiger partial charge in [0.25, 0.3) is 5.91 Å². The number of unbranched alkanes of at least 4 members (excludes halogenated alkanes) is 2. The number of carbonyl (C=O) groups excluding carboxylic acids is 2. The highest BCUT2D eigenvalue weighted by Crippen LogP contribution is 2.43. The van der Waals surface area contributed by atoms with Crippen LogP contribution in [0.5, 0.6) is 5.75 Å². The second kappa shape index (κ2) is 8.34. The van der Waals surface area contributed by atoms with Crippen LogP contribution in [-0.2, 0) is 19.9 Å². The van der Waals surface area contributed by atoms with E-state index in [0.29, 0.717) is 18.9 Å². The third-order valence-electron chi connectivity index (χ3n) is 4.62. The van der Waals surface area contributed by atoms with Crippen molar-refractivity contribution in [3.63, 3.8) is 0 Å². The predicted molar refractivity (Wildman–Crippen MR) is 96.6 cm³/mol. The molecule has 1 heterocycles. The maximum atomic E-state index is 13.1. The molecule has 1 aromatic carbocycles. The second-order valence-electron chi connectivity index (χ2n) is 6.32. The van der Waals surface area contributed by atoms with Crippen molar-refractivity contribution < 1.29 is 19.1 Å². The van der Waals surface area contributed by atoms with Gasteiger partial charge in [0, 0.05) is 24.6 Å². The number of hydrogen-bond acceptors (Lipinski definition) is 5. The largest absolute Gasteiger partial charge is 0.497 e. The van der Waals surface area contributed by atoms with Gasteiger partial charge in [-0.2, -0.15) is 0 Å². The summed E-state index contributed by atoms with van der Waals surface area (Å²) in [7, 11) is 1.59. The van der Waals surface area contributed by atoms with Crippen LogP contribution in [0.1, 0.15) is 51.5 Å². The molecule has 0 aliphatic carbocycles. The monoisotopic (exact) mass is 348 g/mol. The van der Waals surface area contributed by atoms with Crippen molar-refractivity contribution in [1.82, 2.24) is 0 Å². The minimum absolute atomic E-state index is 0.115. The van der Waals surface area contributed by atoms with Crippen molar-refractivity contribution in [2.24, 2.45) is 5.73 Å². The summed E-state index contributed by atoms with van der Waals surface area (Å²) in [5, 5.41) is 0. The minimum Gasteiger partial charge on any atom is -0.497 e. The zero-order valence-electron chi connectivity index (χ0n) is 15.3. The smallest absolute Gasteiger partial charge is 0.305 e. The molecule has 6 nitrogen and oxygen atoms in total. The molecule has 0 saturated heterocycles. The van der Waals surface area contributed by atoms with Crippen molar-refractivity contribution in [2.75, 3.05) is 25.2 Å². The maximum Gasteiger partial charge on any atom is 0.305 e. The fraction of sp³-hybridized carbons (Fsp3) is 0.579. The number of anilines is 1. The maximum absolute atomic E-state index is 13.1. The van der Waals surface area contributed by atoms with Crippen LogP contribution < -0.4 is 15.4 Å². The molecule has 0 saturated carbocycles. The number of carbonyl (C=O) groups is 2. The van der Waals surface area contributed by atoms with Crippen LogP contribution in [0.3, 0.4) is 0 Å². The molecule has 0 fully saturated rings. The molecule has 0 spiro atoms. The summed E-state index contributed by atoms with van der Waals surface area (Å²) in [6.45, 7) is 4.82. The molecule has 6 heteroatoms. The molecule has 1 unspecified atom stereocenters. The van der Waals surface area contributed by atoms with Crippen LogP contribution >= 0.6 is 0 Å². The number of methoxy groups -OCH3 is 1. The van der Waals surface area contributed by atoms with Gasteiger partial charge in [0.1, 0.15) is 11.3 Å². The lowest BCUT2D eigenvalue weighted by atomic mass is 9.87. The van der Waals surface area contributed by atoms with Crippen LogP contribution in [0, 0.1) is 0 Å². The molecule has 0 aromatic heterocycles. The third kappa shape index (κ3) is 3.95. The van der Waals surface area contributed by atoms with Gasteiger partial charge in [0.15, 0.2) is 0 Å². The highest BCUT2D eigenvalue weighted by Gasteiger charge is 2.48. The molecule has 1 aliphatic rings. The van der Waals surface area contributed by atoms with Gasteiger partial charge in [0.05, 0.1) is 19.4 Å². The van der Waals surface area contributed by atoms with Crippen LogP contribution in [0.15, 0.2) is 18.2 Å². The fourth-order valence-electron chi connectivity index (χ4n) is 3.22. The molecule has 2 rings (SSSR count). The Balaban J connectivity index is 2.29. The summed E-state index contributed by atoms with van der Waals surface area (Å²) in [6.07, 6.45) is 3.37. The van der Waals surface area contributed by atoms with Crippen molar-refractivity contribution in [2.45, 2.75) is 51.5 Å². The summed E-state index contributed by atoms with van der Waals surface area (Å²) < 4.78 is 10.3. The van der Waals surface area contributed by atoms with E-state index in [2.05, 4.69) is 6.92 Å². The van der Waals surface area contributed by atoms with E-state index in [1.807, 2.05) is 12.1 Å². The van der Waals surface area contributed by atoms with Crippen molar-refractivity contribution in [3.8, 4) is 5.75 Å². The van der Waals surface area contributed by atoms with Crippen molar-refractivity contribution >= 4 is 17.6 Å². The van der Waals surface area contributed by atoms with Gasteiger partial charge < -0.3 is 20.1 Å². The van der Waals surface area contributed by atoms with Crippen LogP contribution in [0.2, 0.25) is 0 Å². The van der Waals surface area contributed by atoms with Gasteiger partial charge >= 0.3 is 5.97 Å². The van der Waals surface area contributed by atoms with Gasteiger partial charge in [0.2, 0.25) is 0 Å². The van der Waals surface area contributed by atoms with E-state index >= 15 is 0 Å². The Labute approximate surface area is 149 Å². The molecule has 138 valence electrons. The van der Waals surface area contributed by atoms with Crippen molar-refractivity contribution in [1.29, 1.82) is 0 Å². The van der Waals surface area contributed by atoms with E-state index in [-0.39, 0.29) is 24.7 Å². The first-order valence-electron chi connectivity index (χ1n) is 8.92. The zero-order valence-corrected chi connectivity index (χ0v) is 15.3. The first-order chi connectivity index (χ1) is 12.0. The summed E-state index contributed by atoms with van der Waals surface area (Å²) >= 11 is 0. The van der Waals surface area contributed by atoms with E-state index in [1.165, 1.54) is 0 Å². The number of nitrogens with zero attached hydrogens (tertiary/aromatic N) is 1. The lowest BCUT2D eigenvalue weighted by Crippen LogP contribution is -2.47. The number of rotatable bonds is 9. The minimum atomic E-state index is -1.19. The molecule has 25 heavy (non-hydrogen) atoms. The Kier molecular flexibility index (Phi) is 6.42. The molecule has 2 N–H and O–H groups in total. The Morgan fingerprint density at radius 3 is 2.68 bits per heavy atom. The van der Waals surface area contributed by atoms with Crippen molar-refractivity contribution in [3.05, 3.63) is 23.8 Å². The topological polar surface area (TPSA) is 81.9 Å². The van der Waals surface area contributed by atoms with Gasteiger partial charge in [-0.15, -0.1) is 0 Å². The Morgan fingerprint density at radius 1 is 1.28 bits per heavy atom. The standard InChI is InChI=1S/C19H28N2O4/c1-4-6-7-12-21-16-13-14(24-3)8-9-15(16)19(20,18(21)23)11-10-17(22)25-5-2/h8-9,13H,4-7,10-12,20H2,1-3H3. The van der Waals surface area contributed by atoms with Gasteiger partial charge in [-0.25, -0.2) is 0 Å². The molecule has 1 aliphatic heterocycles. The third-order valence-corrected chi connectivity index (χ3v) is 4.62. The first kappa shape index (κ1) is 19.2. The van der Waals surface area contributed by atoms with Crippen LogP contribution in [0.4, 0.5) is 5.69 Å². The van der Waals surface area contributed by atoms with E-state index in [0.717, 1.165) is 30.5 Å². The summed E-state index contributed by atoms with van der Waals surface area (Å²) in [5.74, 6) is 0.192. The zero-order chi connectivity index (χ0) is 18.4. The summed E-state index contributed by atoms with van der Waals surface area (Å²) in [5.41, 5.74) is 6.84. The molecule has 0 radical (unpaired) electrons. The van der Waals surface area contributed by atoms with E-state index in [9.17, 15) is 9.59 Å². The molecule has 1 atom stereocenters. The lowest BCUT2D eigenvalue weighted by Gasteiger charge is -2.24.